The van der Waals surface area contributed by atoms with Gasteiger partial charge in [-0.25, -0.2) is 4.98 Å². The third kappa shape index (κ3) is 4.48. The van der Waals surface area contributed by atoms with Crippen LogP contribution in [0.4, 0.5) is 4.39 Å². The number of rotatable bonds is 6. The van der Waals surface area contributed by atoms with Crippen molar-refractivity contribution < 1.29 is 18.7 Å². The van der Waals surface area contributed by atoms with Gasteiger partial charge in [-0.3, -0.25) is 9.59 Å². The number of esters is 1. The summed E-state index contributed by atoms with van der Waals surface area (Å²) in [6.45, 7) is 2.35. The maximum Gasteiger partial charge on any atom is 0.305 e. The first-order valence-electron chi connectivity index (χ1n) is 5.69. The van der Waals surface area contributed by atoms with E-state index in [0.29, 0.717) is 13.0 Å². The Bertz CT molecular complexity index is 424. The SMILES string of the molecule is CCOC(=O)CCCNC(=O)c1cccnc1F. The average Bonchev–Trinajstić information content (AvgIpc) is 2.35. The molecule has 0 aliphatic rings. The van der Waals surface area contributed by atoms with E-state index >= 15 is 0 Å². The van der Waals surface area contributed by atoms with Crippen LogP contribution < -0.4 is 5.32 Å². The van der Waals surface area contributed by atoms with Gasteiger partial charge in [0.25, 0.3) is 5.91 Å². The Hall–Kier alpha value is -1.98. The molecule has 1 aromatic heterocycles. The first-order chi connectivity index (χ1) is 8.65. The fourth-order valence-electron chi connectivity index (χ4n) is 1.32. The first-order valence-corrected chi connectivity index (χ1v) is 5.69. The minimum absolute atomic E-state index is 0.103. The van der Waals surface area contributed by atoms with Crippen LogP contribution in [-0.4, -0.2) is 30.0 Å². The van der Waals surface area contributed by atoms with Crippen molar-refractivity contribution in [2.24, 2.45) is 0 Å². The topological polar surface area (TPSA) is 68.3 Å². The Labute approximate surface area is 104 Å². The third-order valence-corrected chi connectivity index (χ3v) is 2.15. The molecule has 1 heterocycles. The van der Waals surface area contributed by atoms with Crippen LogP contribution in [0.3, 0.4) is 0 Å². The van der Waals surface area contributed by atoms with Crippen molar-refractivity contribution in [3.05, 3.63) is 29.8 Å². The van der Waals surface area contributed by atoms with Gasteiger partial charge in [-0.05, 0) is 25.5 Å². The molecule has 0 fully saturated rings. The smallest absolute Gasteiger partial charge is 0.305 e. The quantitative estimate of drug-likeness (QED) is 0.472. The summed E-state index contributed by atoms with van der Waals surface area (Å²) in [5, 5.41) is 2.51. The zero-order valence-electron chi connectivity index (χ0n) is 10.1. The molecule has 0 unspecified atom stereocenters. The van der Waals surface area contributed by atoms with Crippen LogP contribution >= 0.6 is 0 Å². The Morgan fingerprint density at radius 3 is 2.94 bits per heavy atom. The third-order valence-electron chi connectivity index (χ3n) is 2.15. The number of nitrogens with zero attached hydrogens (tertiary/aromatic N) is 1. The molecule has 1 amide bonds. The summed E-state index contributed by atoms with van der Waals surface area (Å²) in [5.41, 5.74) is -0.103. The van der Waals surface area contributed by atoms with E-state index in [0.717, 1.165) is 0 Å². The van der Waals surface area contributed by atoms with Crippen molar-refractivity contribution >= 4 is 11.9 Å². The molecular formula is C12H15FN2O3. The average molecular weight is 254 g/mol. The van der Waals surface area contributed by atoms with Gasteiger partial charge < -0.3 is 10.1 Å². The number of nitrogens with one attached hydrogen (secondary N) is 1. The molecule has 5 nitrogen and oxygen atoms in total. The summed E-state index contributed by atoms with van der Waals surface area (Å²) in [4.78, 5) is 25.9. The van der Waals surface area contributed by atoms with Crippen molar-refractivity contribution in [2.75, 3.05) is 13.2 Å². The van der Waals surface area contributed by atoms with Gasteiger partial charge in [-0.2, -0.15) is 4.39 Å². The van der Waals surface area contributed by atoms with Crippen LogP contribution in [0.2, 0.25) is 0 Å². The number of carbonyl (C=O) groups excluding carboxylic acids is 2. The zero-order chi connectivity index (χ0) is 13.4. The van der Waals surface area contributed by atoms with E-state index in [-0.39, 0.29) is 24.5 Å². The minimum atomic E-state index is -0.805. The predicted octanol–water partition coefficient (Wildman–Crippen LogP) is 1.29. The molecule has 1 N–H and O–H groups in total. The monoisotopic (exact) mass is 254 g/mol. The van der Waals surface area contributed by atoms with Crippen molar-refractivity contribution in [2.45, 2.75) is 19.8 Å². The largest absolute Gasteiger partial charge is 0.466 e. The molecule has 1 rings (SSSR count). The Balaban J connectivity index is 2.30. The first kappa shape index (κ1) is 14.1. The Kier molecular flexibility index (Phi) is 5.76. The lowest BCUT2D eigenvalue weighted by Crippen LogP contribution is -2.26. The van der Waals surface area contributed by atoms with Gasteiger partial charge >= 0.3 is 5.97 Å². The Morgan fingerprint density at radius 2 is 2.28 bits per heavy atom. The van der Waals surface area contributed by atoms with Gasteiger partial charge in [0, 0.05) is 19.2 Å². The summed E-state index contributed by atoms with van der Waals surface area (Å²) in [5.74, 6) is -1.65. The molecule has 0 aromatic carbocycles. The molecule has 0 saturated heterocycles. The molecule has 0 atom stereocenters. The highest BCUT2D eigenvalue weighted by Gasteiger charge is 2.11. The van der Waals surface area contributed by atoms with Crippen LogP contribution in [0.15, 0.2) is 18.3 Å². The lowest BCUT2D eigenvalue weighted by molar-refractivity contribution is -0.143. The van der Waals surface area contributed by atoms with Gasteiger partial charge in [0.05, 0.1) is 12.2 Å². The molecule has 1 aromatic rings. The second-order valence-electron chi connectivity index (χ2n) is 3.51. The number of pyridine rings is 1. The molecule has 0 radical (unpaired) electrons. The zero-order valence-corrected chi connectivity index (χ0v) is 10.1. The predicted molar refractivity (Wildman–Crippen MR) is 62.4 cm³/mol. The van der Waals surface area contributed by atoms with E-state index in [9.17, 15) is 14.0 Å². The van der Waals surface area contributed by atoms with Crippen LogP contribution in [0, 0.1) is 5.95 Å². The van der Waals surface area contributed by atoms with E-state index in [1.54, 1.807) is 6.92 Å². The number of halogens is 1. The van der Waals surface area contributed by atoms with Crippen LogP contribution in [0.1, 0.15) is 30.1 Å². The van der Waals surface area contributed by atoms with Crippen molar-refractivity contribution in [1.82, 2.24) is 10.3 Å². The lowest BCUT2D eigenvalue weighted by Gasteiger charge is -2.05. The Morgan fingerprint density at radius 1 is 1.50 bits per heavy atom. The molecule has 0 aliphatic carbocycles. The van der Waals surface area contributed by atoms with Gasteiger partial charge in [-0.1, -0.05) is 0 Å². The fourth-order valence-corrected chi connectivity index (χ4v) is 1.32. The van der Waals surface area contributed by atoms with E-state index in [1.165, 1.54) is 18.3 Å². The van der Waals surface area contributed by atoms with Crippen molar-refractivity contribution in [1.29, 1.82) is 0 Å². The van der Waals surface area contributed by atoms with Crippen molar-refractivity contribution in [3.8, 4) is 0 Å². The van der Waals surface area contributed by atoms with Gasteiger partial charge in [0.1, 0.15) is 0 Å². The molecular weight excluding hydrogens is 239 g/mol. The summed E-state index contributed by atoms with van der Waals surface area (Å²) < 4.78 is 17.9. The van der Waals surface area contributed by atoms with Gasteiger partial charge in [0.15, 0.2) is 0 Å². The lowest BCUT2D eigenvalue weighted by atomic mass is 10.2. The molecule has 18 heavy (non-hydrogen) atoms. The van der Waals surface area contributed by atoms with Crippen LogP contribution in [0.25, 0.3) is 0 Å². The van der Waals surface area contributed by atoms with Gasteiger partial charge in [-0.15, -0.1) is 0 Å². The number of hydrogen-bond acceptors (Lipinski definition) is 4. The summed E-state index contributed by atoms with van der Waals surface area (Å²) in [6.07, 6.45) is 1.95. The van der Waals surface area contributed by atoms with E-state index in [2.05, 4.69) is 10.3 Å². The molecule has 0 aliphatic heterocycles. The normalized spacial score (nSPS) is 9.89. The number of aromatic nitrogens is 1. The molecule has 98 valence electrons. The maximum absolute atomic E-state index is 13.1. The van der Waals surface area contributed by atoms with E-state index in [1.807, 2.05) is 0 Å². The van der Waals surface area contributed by atoms with Gasteiger partial charge in [0.2, 0.25) is 5.95 Å². The number of hydrogen-bond donors (Lipinski definition) is 1. The summed E-state index contributed by atoms with van der Waals surface area (Å²) in [7, 11) is 0. The second-order valence-corrected chi connectivity index (χ2v) is 3.51. The second kappa shape index (κ2) is 7.37. The number of carbonyl (C=O) groups is 2. The summed E-state index contributed by atoms with van der Waals surface area (Å²) in [6, 6.07) is 2.83. The highest BCUT2D eigenvalue weighted by Crippen LogP contribution is 2.02. The number of amides is 1. The maximum atomic E-state index is 13.1. The highest BCUT2D eigenvalue weighted by molar-refractivity contribution is 5.94. The standard InChI is InChI=1S/C12H15FN2O3/c1-2-18-10(16)6-4-8-15-12(17)9-5-3-7-14-11(9)13/h3,5,7H,2,4,6,8H2,1H3,(H,15,17). The summed E-state index contributed by atoms with van der Waals surface area (Å²) >= 11 is 0. The molecule has 6 heteroatoms. The number of ether oxygens (including phenoxy) is 1. The molecule has 0 spiro atoms. The van der Waals surface area contributed by atoms with E-state index < -0.39 is 11.9 Å². The molecule has 0 bridgehead atoms. The highest BCUT2D eigenvalue weighted by atomic mass is 19.1. The van der Waals surface area contributed by atoms with E-state index in [4.69, 9.17) is 4.74 Å². The minimum Gasteiger partial charge on any atom is -0.466 e. The van der Waals surface area contributed by atoms with Crippen LogP contribution in [-0.2, 0) is 9.53 Å². The fraction of sp³-hybridized carbons (Fsp3) is 0.417. The van der Waals surface area contributed by atoms with Crippen LogP contribution in [0.5, 0.6) is 0 Å². The van der Waals surface area contributed by atoms with Crippen molar-refractivity contribution in [3.63, 3.8) is 0 Å². The molecule has 0 saturated carbocycles.